The Morgan fingerprint density at radius 1 is 1.57 bits per heavy atom. The van der Waals surface area contributed by atoms with Gasteiger partial charge in [0.05, 0.1) is 6.61 Å². The number of rotatable bonds is 5. The molecule has 0 aliphatic heterocycles. The van der Waals surface area contributed by atoms with Crippen molar-refractivity contribution in [1.82, 2.24) is 0 Å². The molecule has 0 aromatic heterocycles. The van der Waals surface area contributed by atoms with Gasteiger partial charge in [0.1, 0.15) is 0 Å². The first-order chi connectivity index (χ1) is 6.72. The zero-order valence-corrected chi connectivity index (χ0v) is 8.86. The Kier molecular flexibility index (Phi) is 4.84. The van der Waals surface area contributed by atoms with Gasteiger partial charge in [-0.05, 0) is 32.3 Å². The highest BCUT2D eigenvalue weighted by Gasteiger charge is 2.16. The second-order valence-electron chi connectivity index (χ2n) is 3.53. The Labute approximate surface area is 85.1 Å². The second-order valence-corrected chi connectivity index (χ2v) is 3.53. The fraction of sp³-hybridized carbons (Fsp3) is 0.727. The predicted molar refractivity (Wildman–Crippen MR) is 53.9 cm³/mol. The highest BCUT2D eigenvalue weighted by molar-refractivity contribution is 5.90. The topological polar surface area (TPSA) is 35.5 Å². The van der Waals surface area contributed by atoms with Gasteiger partial charge in [-0.25, -0.2) is 0 Å². The van der Waals surface area contributed by atoms with Crippen LogP contribution in [0.4, 0.5) is 0 Å². The minimum atomic E-state index is -0.166. The predicted octanol–water partition coefficient (Wildman–Crippen LogP) is 1.92. The molecule has 3 nitrogen and oxygen atoms in total. The van der Waals surface area contributed by atoms with Gasteiger partial charge in [-0.2, -0.15) is 0 Å². The minimum absolute atomic E-state index is 0.166. The van der Waals surface area contributed by atoms with Gasteiger partial charge in [0.15, 0.2) is 12.1 Å². The SMILES string of the molecule is CCOC(C)OC[C@H]1CC=CC(=O)C1. The van der Waals surface area contributed by atoms with E-state index in [1.807, 2.05) is 19.9 Å². The summed E-state index contributed by atoms with van der Waals surface area (Å²) in [5.74, 6) is 0.532. The van der Waals surface area contributed by atoms with Crippen LogP contribution >= 0.6 is 0 Å². The lowest BCUT2D eigenvalue weighted by molar-refractivity contribution is -0.138. The monoisotopic (exact) mass is 198 g/mol. The van der Waals surface area contributed by atoms with Crippen molar-refractivity contribution in [3.8, 4) is 0 Å². The van der Waals surface area contributed by atoms with Crippen LogP contribution in [-0.4, -0.2) is 25.3 Å². The first-order valence-electron chi connectivity index (χ1n) is 5.15. The van der Waals surface area contributed by atoms with Crippen LogP contribution in [0.5, 0.6) is 0 Å². The first-order valence-corrected chi connectivity index (χ1v) is 5.15. The number of hydrogen-bond donors (Lipinski definition) is 0. The number of hydrogen-bond acceptors (Lipinski definition) is 3. The average Bonchev–Trinajstić information content (AvgIpc) is 2.15. The van der Waals surface area contributed by atoms with Crippen molar-refractivity contribution in [2.45, 2.75) is 33.0 Å². The van der Waals surface area contributed by atoms with Crippen molar-refractivity contribution in [3.63, 3.8) is 0 Å². The van der Waals surface area contributed by atoms with Gasteiger partial charge in [-0.3, -0.25) is 4.79 Å². The van der Waals surface area contributed by atoms with Gasteiger partial charge in [-0.1, -0.05) is 6.08 Å². The van der Waals surface area contributed by atoms with Gasteiger partial charge >= 0.3 is 0 Å². The average molecular weight is 198 g/mol. The Balaban J connectivity index is 2.18. The molecule has 14 heavy (non-hydrogen) atoms. The molecule has 1 aliphatic carbocycles. The Morgan fingerprint density at radius 2 is 2.36 bits per heavy atom. The highest BCUT2D eigenvalue weighted by Crippen LogP contribution is 2.16. The maximum absolute atomic E-state index is 11.1. The van der Waals surface area contributed by atoms with E-state index in [-0.39, 0.29) is 12.1 Å². The van der Waals surface area contributed by atoms with Crippen LogP contribution in [0.15, 0.2) is 12.2 Å². The molecule has 3 heteroatoms. The molecular weight excluding hydrogens is 180 g/mol. The molecule has 0 fully saturated rings. The van der Waals surface area contributed by atoms with Crippen LogP contribution in [0.1, 0.15) is 26.7 Å². The molecule has 0 radical (unpaired) electrons. The zero-order valence-electron chi connectivity index (χ0n) is 8.86. The smallest absolute Gasteiger partial charge is 0.155 e. The molecule has 0 saturated carbocycles. The molecule has 0 amide bonds. The molecule has 1 unspecified atom stereocenters. The summed E-state index contributed by atoms with van der Waals surface area (Å²) >= 11 is 0. The van der Waals surface area contributed by atoms with Crippen molar-refractivity contribution < 1.29 is 14.3 Å². The number of carbonyl (C=O) groups excluding carboxylic acids is 1. The van der Waals surface area contributed by atoms with Crippen LogP contribution < -0.4 is 0 Å². The molecule has 0 saturated heterocycles. The van der Waals surface area contributed by atoms with Crippen LogP contribution in [-0.2, 0) is 14.3 Å². The third-order valence-electron chi connectivity index (χ3n) is 2.23. The van der Waals surface area contributed by atoms with E-state index in [0.717, 1.165) is 6.42 Å². The standard InChI is InChI=1S/C11H18O3/c1-3-13-9(2)14-8-10-5-4-6-11(12)7-10/h4,6,9-10H,3,5,7-8H2,1-2H3/t9?,10-/m0/s1. The van der Waals surface area contributed by atoms with E-state index < -0.39 is 0 Å². The Hall–Kier alpha value is -0.670. The third kappa shape index (κ3) is 4.03. The van der Waals surface area contributed by atoms with E-state index in [1.54, 1.807) is 6.08 Å². The molecule has 80 valence electrons. The fourth-order valence-electron chi connectivity index (χ4n) is 1.51. The summed E-state index contributed by atoms with van der Waals surface area (Å²) in [6.45, 7) is 5.08. The van der Waals surface area contributed by atoms with Crippen molar-refractivity contribution in [1.29, 1.82) is 0 Å². The lowest BCUT2D eigenvalue weighted by Gasteiger charge is -2.19. The molecule has 0 bridgehead atoms. The number of ether oxygens (including phenoxy) is 2. The van der Waals surface area contributed by atoms with E-state index in [0.29, 0.717) is 25.6 Å². The van der Waals surface area contributed by atoms with E-state index in [4.69, 9.17) is 9.47 Å². The van der Waals surface area contributed by atoms with Crippen molar-refractivity contribution in [2.24, 2.45) is 5.92 Å². The molecule has 1 rings (SSSR count). The number of ketones is 1. The lowest BCUT2D eigenvalue weighted by Crippen LogP contribution is -2.21. The van der Waals surface area contributed by atoms with Crippen LogP contribution in [0.3, 0.4) is 0 Å². The summed E-state index contributed by atoms with van der Waals surface area (Å²) in [5, 5.41) is 0. The molecular formula is C11H18O3. The van der Waals surface area contributed by atoms with Gasteiger partial charge in [-0.15, -0.1) is 0 Å². The van der Waals surface area contributed by atoms with Gasteiger partial charge < -0.3 is 9.47 Å². The maximum atomic E-state index is 11.1. The summed E-state index contributed by atoms with van der Waals surface area (Å²) in [6.07, 6.45) is 4.95. The van der Waals surface area contributed by atoms with Crippen LogP contribution in [0.2, 0.25) is 0 Å². The van der Waals surface area contributed by atoms with Gasteiger partial charge in [0.2, 0.25) is 0 Å². The summed E-state index contributed by atoms with van der Waals surface area (Å²) in [7, 11) is 0. The van der Waals surface area contributed by atoms with E-state index in [1.165, 1.54) is 0 Å². The summed E-state index contributed by atoms with van der Waals surface area (Å²) in [6, 6.07) is 0. The largest absolute Gasteiger partial charge is 0.353 e. The minimum Gasteiger partial charge on any atom is -0.353 e. The molecule has 0 aromatic rings. The number of carbonyl (C=O) groups is 1. The third-order valence-corrected chi connectivity index (χ3v) is 2.23. The van der Waals surface area contributed by atoms with Crippen LogP contribution in [0, 0.1) is 5.92 Å². The van der Waals surface area contributed by atoms with Crippen molar-refractivity contribution >= 4 is 5.78 Å². The normalized spacial score (nSPS) is 23.9. The summed E-state index contributed by atoms with van der Waals surface area (Å²) in [5.41, 5.74) is 0. The Bertz CT molecular complexity index is 211. The quantitative estimate of drug-likeness (QED) is 0.633. The maximum Gasteiger partial charge on any atom is 0.155 e. The molecule has 0 heterocycles. The van der Waals surface area contributed by atoms with Gasteiger partial charge in [0.25, 0.3) is 0 Å². The number of allylic oxidation sites excluding steroid dienone is 2. The van der Waals surface area contributed by atoms with Crippen molar-refractivity contribution in [3.05, 3.63) is 12.2 Å². The zero-order chi connectivity index (χ0) is 10.4. The second kappa shape index (κ2) is 5.94. The molecule has 0 spiro atoms. The Morgan fingerprint density at radius 3 is 3.00 bits per heavy atom. The van der Waals surface area contributed by atoms with Crippen LogP contribution in [0.25, 0.3) is 0 Å². The highest BCUT2D eigenvalue weighted by atomic mass is 16.7. The summed E-state index contributed by atoms with van der Waals surface area (Å²) < 4.78 is 10.7. The van der Waals surface area contributed by atoms with Crippen molar-refractivity contribution in [2.75, 3.05) is 13.2 Å². The molecule has 1 aliphatic rings. The fourth-order valence-corrected chi connectivity index (χ4v) is 1.51. The van der Waals surface area contributed by atoms with Gasteiger partial charge in [0, 0.05) is 13.0 Å². The molecule has 0 N–H and O–H groups in total. The molecule has 0 aromatic carbocycles. The summed E-state index contributed by atoms with van der Waals surface area (Å²) in [4.78, 5) is 11.1. The van der Waals surface area contributed by atoms with E-state index in [9.17, 15) is 4.79 Å². The van der Waals surface area contributed by atoms with E-state index >= 15 is 0 Å². The lowest BCUT2D eigenvalue weighted by atomic mass is 9.94. The first kappa shape index (κ1) is 11.4. The van der Waals surface area contributed by atoms with E-state index in [2.05, 4.69) is 0 Å². The molecule has 2 atom stereocenters.